The number of aryl methyl sites for hydroxylation is 2. The van der Waals surface area contributed by atoms with Crippen molar-refractivity contribution in [3.8, 4) is 0 Å². The maximum absolute atomic E-state index is 13.2. The molecule has 6 heteroatoms. The predicted octanol–water partition coefficient (Wildman–Crippen LogP) is 4.42. The van der Waals surface area contributed by atoms with Gasteiger partial charge in [0.1, 0.15) is 0 Å². The molecule has 30 heavy (non-hydrogen) atoms. The summed E-state index contributed by atoms with van der Waals surface area (Å²) in [5.41, 5.74) is 3.89. The summed E-state index contributed by atoms with van der Waals surface area (Å²) in [6.45, 7) is 5.62. The fourth-order valence-electron chi connectivity index (χ4n) is 4.73. The Morgan fingerprint density at radius 2 is 1.80 bits per heavy atom. The number of likely N-dealkylation sites (tertiary alicyclic amines) is 1. The SMILES string of the molecule is Cc1ccc(N2C(=O)CC(N3CCC(c4nc5ccccc5s4)CC3)C2=O)c(C)c1. The highest BCUT2D eigenvalue weighted by molar-refractivity contribution is 7.18. The fraction of sp³-hybridized carbons (Fsp3) is 0.375. The second kappa shape index (κ2) is 7.60. The number of hydrogen-bond acceptors (Lipinski definition) is 5. The van der Waals surface area contributed by atoms with Crippen molar-refractivity contribution < 1.29 is 9.59 Å². The van der Waals surface area contributed by atoms with Crippen LogP contribution >= 0.6 is 11.3 Å². The second-order valence-corrected chi connectivity index (χ2v) is 9.47. The van der Waals surface area contributed by atoms with Gasteiger partial charge in [-0.2, -0.15) is 0 Å². The number of benzene rings is 2. The summed E-state index contributed by atoms with van der Waals surface area (Å²) in [5, 5.41) is 1.20. The van der Waals surface area contributed by atoms with Crippen molar-refractivity contribution in [2.24, 2.45) is 0 Å². The summed E-state index contributed by atoms with van der Waals surface area (Å²) >= 11 is 1.78. The number of piperidine rings is 1. The lowest BCUT2D eigenvalue weighted by Gasteiger charge is -2.34. The number of imide groups is 1. The van der Waals surface area contributed by atoms with Gasteiger partial charge in [-0.05, 0) is 63.5 Å². The summed E-state index contributed by atoms with van der Waals surface area (Å²) in [6.07, 6.45) is 2.22. The first-order valence-corrected chi connectivity index (χ1v) is 11.4. The molecule has 0 spiro atoms. The van der Waals surface area contributed by atoms with Crippen molar-refractivity contribution in [1.29, 1.82) is 0 Å². The van der Waals surface area contributed by atoms with E-state index in [1.165, 1.54) is 14.6 Å². The standard InChI is InChI=1S/C24H25N3O2S/c1-15-7-8-19(16(2)13-15)27-22(28)14-20(24(27)29)26-11-9-17(10-12-26)23-25-18-5-3-4-6-21(18)30-23/h3-8,13,17,20H,9-12,14H2,1-2H3. The molecule has 3 aromatic rings. The molecule has 5 rings (SSSR count). The average molecular weight is 420 g/mol. The van der Waals surface area contributed by atoms with Crippen molar-refractivity contribution in [3.63, 3.8) is 0 Å². The molecule has 1 atom stereocenters. The number of carbonyl (C=O) groups excluding carboxylic acids is 2. The van der Waals surface area contributed by atoms with Crippen molar-refractivity contribution >= 4 is 39.1 Å². The van der Waals surface area contributed by atoms with Crippen LogP contribution in [0.15, 0.2) is 42.5 Å². The first-order chi connectivity index (χ1) is 14.5. The molecule has 0 aliphatic carbocycles. The topological polar surface area (TPSA) is 53.5 Å². The van der Waals surface area contributed by atoms with Gasteiger partial charge in [-0.25, -0.2) is 9.88 Å². The number of anilines is 1. The molecule has 2 amide bonds. The summed E-state index contributed by atoms with van der Waals surface area (Å²) in [4.78, 5) is 34.3. The maximum Gasteiger partial charge on any atom is 0.251 e. The number of rotatable bonds is 3. The van der Waals surface area contributed by atoms with Crippen LogP contribution in [0.5, 0.6) is 0 Å². The number of para-hydroxylation sites is 1. The van der Waals surface area contributed by atoms with Crippen LogP contribution < -0.4 is 4.90 Å². The zero-order valence-corrected chi connectivity index (χ0v) is 18.1. The molecule has 0 radical (unpaired) electrons. The van der Waals surface area contributed by atoms with Gasteiger partial charge in [0.25, 0.3) is 5.91 Å². The Balaban J connectivity index is 1.29. The van der Waals surface area contributed by atoms with Gasteiger partial charge in [-0.1, -0.05) is 29.8 Å². The Hall–Kier alpha value is -2.57. The quantitative estimate of drug-likeness (QED) is 0.590. The second-order valence-electron chi connectivity index (χ2n) is 8.41. The summed E-state index contributed by atoms with van der Waals surface area (Å²) in [6, 6.07) is 13.8. The lowest BCUT2D eigenvalue weighted by atomic mass is 9.96. The van der Waals surface area contributed by atoms with Crippen molar-refractivity contribution in [3.05, 3.63) is 58.6 Å². The van der Waals surface area contributed by atoms with Gasteiger partial charge in [-0.3, -0.25) is 14.5 Å². The van der Waals surface area contributed by atoms with E-state index in [0.717, 1.165) is 48.3 Å². The Morgan fingerprint density at radius 3 is 2.53 bits per heavy atom. The van der Waals surface area contributed by atoms with Gasteiger partial charge in [0, 0.05) is 5.92 Å². The molecule has 2 aliphatic heterocycles. The Bertz CT molecular complexity index is 1100. The number of nitrogens with zero attached hydrogens (tertiary/aromatic N) is 3. The number of thiazole rings is 1. The molecule has 1 unspecified atom stereocenters. The number of hydrogen-bond donors (Lipinski definition) is 0. The summed E-state index contributed by atoms with van der Waals surface area (Å²) in [5.74, 6) is 0.261. The van der Waals surface area contributed by atoms with Crippen molar-refractivity contribution in [2.45, 2.75) is 45.1 Å². The van der Waals surface area contributed by atoms with E-state index < -0.39 is 0 Å². The molecule has 5 nitrogen and oxygen atoms in total. The number of carbonyl (C=O) groups is 2. The van der Waals surface area contributed by atoms with Gasteiger partial charge in [0.05, 0.1) is 33.4 Å². The number of fused-ring (bicyclic) bond motifs is 1. The smallest absolute Gasteiger partial charge is 0.251 e. The third kappa shape index (κ3) is 3.34. The van der Waals surface area contributed by atoms with Crippen molar-refractivity contribution in [2.75, 3.05) is 18.0 Å². The fourth-order valence-corrected chi connectivity index (χ4v) is 5.87. The molecule has 0 bridgehead atoms. The van der Waals surface area contributed by atoms with Crippen LogP contribution in [0.25, 0.3) is 10.2 Å². The average Bonchev–Trinajstić information content (AvgIpc) is 3.30. The van der Waals surface area contributed by atoms with E-state index in [1.54, 1.807) is 11.3 Å². The molecular formula is C24H25N3O2S. The van der Waals surface area contributed by atoms with Crippen LogP contribution in [0.4, 0.5) is 5.69 Å². The van der Waals surface area contributed by atoms with Crippen molar-refractivity contribution in [1.82, 2.24) is 9.88 Å². The lowest BCUT2D eigenvalue weighted by molar-refractivity contribution is -0.123. The molecule has 2 aliphatic rings. The van der Waals surface area contributed by atoms with Gasteiger partial charge in [0.2, 0.25) is 5.91 Å². The normalized spacial score (nSPS) is 21.1. The van der Waals surface area contributed by atoms with E-state index in [0.29, 0.717) is 5.92 Å². The molecule has 2 aromatic carbocycles. The highest BCUT2D eigenvalue weighted by atomic mass is 32.1. The molecule has 3 heterocycles. The van der Waals surface area contributed by atoms with Gasteiger partial charge in [-0.15, -0.1) is 11.3 Å². The van der Waals surface area contributed by atoms with Crippen LogP contribution in [-0.2, 0) is 9.59 Å². The van der Waals surface area contributed by atoms with E-state index in [4.69, 9.17) is 4.98 Å². The van der Waals surface area contributed by atoms with Crippen LogP contribution in [0, 0.1) is 13.8 Å². The largest absolute Gasteiger partial charge is 0.291 e. The zero-order chi connectivity index (χ0) is 20.8. The van der Waals surface area contributed by atoms with E-state index in [-0.39, 0.29) is 24.3 Å². The molecule has 1 aromatic heterocycles. The predicted molar refractivity (Wildman–Crippen MR) is 120 cm³/mol. The third-order valence-corrected chi connectivity index (χ3v) is 7.54. The minimum atomic E-state index is -0.338. The first-order valence-electron chi connectivity index (χ1n) is 10.5. The number of aromatic nitrogens is 1. The highest BCUT2D eigenvalue weighted by Gasteiger charge is 2.44. The van der Waals surface area contributed by atoms with Crippen LogP contribution in [0.3, 0.4) is 0 Å². The molecule has 2 saturated heterocycles. The first kappa shape index (κ1) is 19.4. The maximum atomic E-state index is 13.2. The van der Waals surface area contributed by atoms with Gasteiger partial charge < -0.3 is 0 Å². The van der Waals surface area contributed by atoms with E-state index in [1.807, 2.05) is 38.1 Å². The zero-order valence-electron chi connectivity index (χ0n) is 17.3. The monoisotopic (exact) mass is 419 g/mol. The Kier molecular flexibility index (Phi) is 4.91. The number of amides is 2. The van der Waals surface area contributed by atoms with E-state index in [2.05, 4.69) is 23.1 Å². The molecule has 2 fully saturated rings. The van der Waals surface area contributed by atoms with Gasteiger partial charge in [0.15, 0.2) is 0 Å². The molecule has 0 saturated carbocycles. The highest BCUT2D eigenvalue weighted by Crippen LogP contribution is 2.36. The summed E-state index contributed by atoms with van der Waals surface area (Å²) in [7, 11) is 0. The van der Waals surface area contributed by atoms with Crippen LogP contribution in [0.2, 0.25) is 0 Å². The molecule has 0 N–H and O–H groups in total. The lowest BCUT2D eigenvalue weighted by Crippen LogP contribution is -2.45. The van der Waals surface area contributed by atoms with Crippen LogP contribution in [-0.4, -0.2) is 40.8 Å². The third-order valence-electron chi connectivity index (χ3n) is 6.35. The minimum absolute atomic E-state index is 0.0783. The van der Waals surface area contributed by atoms with Gasteiger partial charge >= 0.3 is 0 Å². The Morgan fingerprint density at radius 1 is 1.03 bits per heavy atom. The van der Waals surface area contributed by atoms with E-state index >= 15 is 0 Å². The molecule has 154 valence electrons. The minimum Gasteiger partial charge on any atom is -0.291 e. The Labute approximate surface area is 180 Å². The molecular weight excluding hydrogens is 394 g/mol. The van der Waals surface area contributed by atoms with Crippen LogP contribution in [0.1, 0.15) is 41.3 Å². The van der Waals surface area contributed by atoms with E-state index in [9.17, 15) is 9.59 Å². The summed E-state index contributed by atoms with van der Waals surface area (Å²) < 4.78 is 1.23.